The number of amides is 4. The average Bonchev–Trinajstić information content (AvgIpc) is 0.868. The van der Waals surface area contributed by atoms with Gasteiger partial charge in [0.15, 0.2) is 44.0 Å². The molecule has 7 aliphatic rings. The molecule has 7 aliphatic heterocycles. The summed E-state index contributed by atoms with van der Waals surface area (Å²) in [6.07, 6.45) is -59.0. The maximum atomic E-state index is 12.9. The quantitative estimate of drug-likeness (QED) is 0.0479. The van der Waals surface area contributed by atoms with E-state index in [0.29, 0.717) is 0 Å². The smallest absolute Gasteiger partial charge is 0.217 e. The number of hydrogen-bond donors (Lipinski definition) is 22. The maximum absolute atomic E-state index is 12.9. The van der Waals surface area contributed by atoms with Crippen LogP contribution in [-0.2, 0) is 80.8 Å². The Bertz CT molecular complexity index is 2290. The molecule has 0 spiro atoms. The summed E-state index contributed by atoms with van der Waals surface area (Å²) in [4.78, 5) is 49.9. The summed E-state index contributed by atoms with van der Waals surface area (Å²) in [5.74, 6) is -3.27. The van der Waals surface area contributed by atoms with Crippen molar-refractivity contribution in [1.29, 1.82) is 0 Å². The van der Waals surface area contributed by atoms with Gasteiger partial charge in [-0.3, -0.25) is 19.2 Å². The van der Waals surface area contributed by atoms with E-state index in [1.54, 1.807) is 0 Å². The van der Waals surface area contributed by atoms with Crippen molar-refractivity contribution < 1.29 is 173 Å². The van der Waals surface area contributed by atoms with Crippen LogP contribution in [0.2, 0.25) is 0 Å². The molecule has 39 nitrogen and oxygen atoms in total. The normalized spacial score (nSPS) is 48.0. The lowest BCUT2D eigenvalue weighted by molar-refractivity contribution is -0.399. The van der Waals surface area contributed by atoms with Crippen LogP contribution in [-0.4, -0.2) is 370 Å². The van der Waals surface area contributed by atoms with Crippen LogP contribution in [0.5, 0.6) is 0 Å². The van der Waals surface area contributed by atoms with E-state index in [9.17, 15) is 111 Å². The first-order chi connectivity index (χ1) is 42.0. The Morgan fingerprint density at radius 3 is 1.18 bits per heavy atom. The number of hydrogen-bond acceptors (Lipinski definition) is 35. The summed E-state index contributed by atoms with van der Waals surface area (Å²) < 4.78 is 76.7. The van der Waals surface area contributed by atoms with E-state index >= 15 is 0 Å². The number of carbonyl (C=O) groups excluding carboxylic acids is 4. The molecule has 0 bridgehead atoms. The topological polar surface area (TPSA) is 601 Å². The van der Waals surface area contributed by atoms with Crippen LogP contribution in [0.25, 0.3) is 0 Å². The van der Waals surface area contributed by atoms with Gasteiger partial charge in [0.1, 0.15) is 165 Å². The predicted molar refractivity (Wildman–Crippen MR) is 277 cm³/mol. The fourth-order valence-corrected chi connectivity index (χ4v) is 11.4. The summed E-state index contributed by atoms with van der Waals surface area (Å²) in [6.45, 7) is -0.558. The third kappa shape index (κ3) is 16.4. The van der Waals surface area contributed by atoms with Gasteiger partial charge in [-0.25, -0.2) is 0 Å². The van der Waals surface area contributed by atoms with Crippen LogP contribution in [0.15, 0.2) is 0 Å². The molecule has 39 heteroatoms. The highest BCUT2D eigenvalue weighted by Gasteiger charge is 2.59. The van der Waals surface area contributed by atoms with Gasteiger partial charge in [-0.2, -0.15) is 0 Å². The van der Waals surface area contributed by atoms with E-state index < -0.39 is 278 Å². The predicted octanol–water partition coefficient (Wildman–Crippen LogP) is -14.7. The van der Waals surface area contributed by atoms with E-state index in [-0.39, 0.29) is 0 Å². The van der Waals surface area contributed by atoms with Crippen molar-refractivity contribution in [3.05, 3.63) is 0 Å². The number of aliphatic hydroxyl groups excluding tert-OH is 18. The van der Waals surface area contributed by atoms with Crippen molar-refractivity contribution in [2.24, 2.45) is 0 Å². The standard InChI is InChI=1S/C50H84N4O35/c1-12-27(64)36(73)37(74)48(78-12)89-43-42(88-47-24(52-14(3)61)34(71)29(66)18(7-56)81-47)31(68)20(9-58)83-50(43)85-39-21(10-59)84-45(25(35(39)72)53-15(4)62)77-11-22-32(69)40(26(44(76)79-22)54-16(5)63)86-49-38(75)41(30(67)19(8-57)82-49)87-46-23(51-13(2)60)33(70)28(65)17(6-55)80-46/h12,17-50,55-59,64-76H,6-11H2,1-5H3,(H,51,60)(H,52,61)(H,53,62)(H,54,63)/t12-,17+,18+,19+,20+,21+,22+,23+,24+,25+,26+,27+,28+,29-,30-,31-,32-,33+,34+,35+,36+,37-,38+,39+,40+,41-,42-,43+,44-,45+,46-,47+,48-,49-,50-/m0/s1. The molecule has 7 saturated heterocycles. The molecule has 0 aromatic heterocycles. The largest absolute Gasteiger partial charge is 0.394 e. The van der Waals surface area contributed by atoms with Crippen molar-refractivity contribution in [3.8, 4) is 0 Å². The van der Waals surface area contributed by atoms with Gasteiger partial charge >= 0.3 is 0 Å². The van der Waals surface area contributed by atoms with Gasteiger partial charge in [-0.1, -0.05) is 0 Å². The number of rotatable bonds is 22. The summed E-state index contributed by atoms with van der Waals surface area (Å²) in [6, 6.07) is -6.83. The molecular formula is C50H84N4O35. The highest BCUT2D eigenvalue weighted by atomic mass is 16.8. The monoisotopic (exact) mass is 1300 g/mol. The second-order valence-corrected chi connectivity index (χ2v) is 22.5. The van der Waals surface area contributed by atoms with E-state index in [4.69, 9.17) is 61.6 Å². The van der Waals surface area contributed by atoms with E-state index in [2.05, 4.69) is 21.3 Å². The van der Waals surface area contributed by atoms with Crippen LogP contribution >= 0.6 is 0 Å². The Balaban J connectivity index is 1.14. The van der Waals surface area contributed by atoms with Crippen LogP contribution in [0.4, 0.5) is 0 Å². The van der Waals surface area contributed by atoms with Crippen molar-refractivity contribution in [2.75, 3.05) is 39.6 Å². The van der Waals surface area contributed by atoms with Crippen LogP contribution in [0.3, 0.4) is 0 Å². The first-order valence-corrected chi connectivity index (χ1v) is 28.5. The summed E-state index contributed by atoms with van der Waals surface area (Å²) in [5.41, 5.74) is 0. The van der Waals surface area contributed by atoms with E-state index in [1.165, 1.54) is 6.92 Å². The average molecular weight is 1300 g/mol. The van der Waals surface area contributed by atoms with Crippen molar-refractivity contribution in [2.45, 2.75) is 249 Å². The highest BCUT2D eigenvalue weighted by Crippen LogP contribution is 2.38. The summed E-state index contributed by atoms with van der Waals surface area (Å²) >= 11 is 0. The Hall–Kier alpha value is -3.36. The second kappa shape index (κ2) is 31.7. The molecule has 4 amide bonds. The third-order valence-corrected chi connectivity index (χ3v) is 16.1. The number of aliphatic hydroxyl groups is 18. The number of ether oxygens (including phenoxy) is 13. The van der Waals surface area contributed by atoms with E-state index in [1.807, 2.05) is 0 Å². The van der Waals surface area contributed by atoms with Crippen LogP contribution in [0.1, 0.15) is 34.6 Å². The molecule has 0 aromatic rings. The fourth-order valence-electron chi connectivity index (χ4n) is 11.4. The van der Waals surface area contributed by atoms with Gasteiger partial charge < -0.3 is 175 Å². The second-order valence-electron chi connectivity index (χ2n) is 22.5. The van der Waals surface area contributed by atoms with Gasteiger partial charge in [0.25, 0.3) is 0 Å². The fraction of sp³-hybridized carbons (Fsp3) is 0.920. The molecule has 22 N–H and O–H groups in total. The minimum atomic E-state index is -2.19. The first-order valence-electron chi connectivity index (χ1n) is 28.5. The Morgan fingerprint density at radius 1 is 0.315 bits per heavy atom. The SMILES string of the molecule is CC(=O)N[C@@H]1[C@@H](O[C@@H]2O[C@H](CO)[C@H](O)[C@H](O[C@@H]3O[C@H](CO)[C@@H](O)[C@H](O)[C@H]3NC(C)=O)[C@H]2O)[C@@H](O)[C@@H](CO[C@@H]2O[C@H](CO)[C@@H](O[C@@H]3O[C@H](CO)[C@H](O)[C@H](O[C@H]4O[C@H](CO)[C@H](O)[C@H](O)[C@H]4NC(C)=O)[C@H]3O[C@@H]3O[C@@H](C)[C@@H](O)[C@@H](O)[C@@H]3O)[C@H](O)[C@H]2NC(C)=O)O[C@@H]1O. The maximum Gasteiger partial charge on any atom is 0.217 e. The molecule has 514 valence electrons. The zero-order valence-electron chi connectivity index (χ0n) is 48.4. The number of nitrogens with one attached hydrogen (secondary N) is 4. The van der Waals surface area contributed by atoms with Gasteiger partial charge in [-0.15, -0.1) is 0 Å². The lowest BCUT2D eigenvalue weighted by Gasteiger charge is -2.51. The molecule has 7 heterocycles. The van der Waals surface area contributed by atoms with Crippen molar-refractivity contribution >= 4 is 23.6 Å². The van der Waals surface area contributed by atoms with Crippen LogP contribution in [0, 0.1) is 0 Å². The molecule has 0 radical (unpaired) electrons. The Morgan fingerprint density at radius 2 is 0.685 bits per heavy atom. The highest BCUT2D eigenvalue weighted by molar-refractivity contribution is 5.74. The molecule has 7 rings (SSSR count). The van der Waals surface area contributed by atoms with Gasteiger partial charge in [-0.05, 0) is 6.92 Å². The third-order valence-electron chi connectivity index (χ3n) is 16.1. The molecule has 89 heavy (non-hydrogen) atoms. The summed E-state index contributed by atoms with van der Waals surface area (Å²) in [7, 11) is 0. The molecule has 0 unspecified atom stereocenters. The number of carbonyl (C=O) groups is 4. The zero-order chi connectivity index (χ0) is 65.8. The lowest BCUT2D eigenvalue weighted by atomic mass is 9.94. The van der Waals surface area contributed by atoms with Gasteiger partial charge in [0, 0.05) is 27.7 Å². The molecule has 0 aromatic carbocycles. The molecule has 0 saturated carbocycles. The first kappa shape index (κ1) is 73.1. The molecular weight excluding hydrogens is 1220 g/mol. The molecule has 35 atom stereocenters. The summed E-state index contributed by atoms with van der Waals surface area (Å²) in [5, 5.41) is 207. The van der Waals surface area contributed by atoms with Crippen molar-refractivity contribution in [3.63, 3.8) is 0 Å². The Kier molecular flexibility index (Phi) is 26.0. The Labute approximate surface area is 505 Å². The van der Waals surface area contributed by atoms with E-state index in [0.717, 1.165) is 27.7 Å². The zero-order valence-corrected chi connectivity index (χ0v) is 48.4. The lowest BCUT2D eigenvalue weighted by Crippen LogP contribution is -2.70. The molecule has 7 fully saturated rings. The van der Waals surface area contributed by atoms with Gasteiger partial charge in [0.2, 0.25) is 23.6 Å². The van der Waals surface area contributed by atoms with Crippen molar-refractivity contribution in [1.82, 2.24) is 21.3 Å². The van der Waals surface area contributed by atoms with Crippen LogP contribution < -0.4 is 21.3 Å². The van der Waals surface area contributed by atoms with Gasteiger partial charge in [0.05, 0.1) is 45.7 Å². The minimum absolute atomic E-state index is 0.764. The molecule has 0 aliphatic carbocycles. The minimum Gasteiger partial charge on any atom is -0.394 e.